The summed E-state index contributed by atoms with van der Waals surface area (Å²) in [7, 11) is 1.33. The predicted molar refractivity (Wildman–Crippen MR) is 132 cm³/mol. The molecule has 3 aromatic rings. The van der Waals surface area contributed by atoms with Crippen LogP contribution in [-0.2, 0) is 14.3 Å². The lowest BCUT2D eigenvalue weighted by molar-refractivity contribution is -0.122. The maximum Gasteiger partial charge on any atom is 0.337 e. The summed E-state index contributed by atoms with van der Waals surface area (Å²) in [5, 5.41) is 2.27. The Kier molecular flexibility index (Phi) is 6.13. The number of esters is 1. The molecule has 1 fully saturated rings. The van der Waals surface area contributed by atoms with E-state index in [0.717, 1.165) is 33.1 Å². The van der Waals surface area contributed by atoms with Gasteiger partial charge in [-0.3, -0.25) is 14.9 Å². The number of rotatable bonds is 4. The number of carbonyl (C=O) groups excluding carboxylic acids is 4. The Bertz CT molecular complexity index is 1410. The van der Waals surface area contributed by atoms with E-state index in [2.05, 4.69) is 5.32 Å². The molecule has 0 aliphatic carbocycles. The molecule has 4 amide bonds. The highest BCUT2D eigenvalue weighted by Gasteiger charge is 2.37. The molecule has 0 saturated carbocycles. The molecule has 0 bridgehead atoms. The first-order valence-electron chi connectivity index (χ1n) is 11.0. The lowest BCUT2D eigenvalue weighted by Crippen LogP contribution is -2.54. The molecule has 0 spiro atoms. The Balaban J connectivity index is 1.73. The van der Waals surface area contributed by atoms with Gasteiger partial charge in [0.2, 0.25) is 0 Å². The summed E-state index contributed by atoms with van der Waals surface area (Å²) >= 11 is 0. The van der Waals surface area contributed by atoms with Crippen LogP contribution in [0.15, 0.2) is 54.1 Å². The molecule has 1 saturated heterocycles. The van der Waals surface area contributed by atoms with Crippen molar-refractivity contribution in [2.24, 2.45) is 0 Å². The van der Waals surface area contributed by atoms with Crippen LogP contribution in [0.2, 0.25) is 0 Å². The number of urea groups is 1. The monoisotopic (exact) mass is 471 g/mol. The number of nitrogens with zero attached hydrogens (tertiary/aromatic N) is 2. The Morgan fingerprint density at radius 3 is 2.26 bits per heavy atom. The third-order valence-corrected chi connectivity index (χ3v) is 6.01. The molecule has 178 valence electrons. The summed E-state index contributed by atoms with van der Waals surface area (Å²) in [6.07, 6.45) is 1.50. The molecular weight excluding hydrogens is 446 g/mol. The van der Waals surface area contributed by atoms with Crippen LogP contribution in [0, 0.1) is 27.7 Å². The molecule has 8 nitrogen and oxygen atoms in total. The van der Waals surface area contributed by atoms with Gasteiger partial charge in [-0.25, -0.2) is 14.5 Å². The number of barbiturate groups is 1. The standard InChI is InChI=1S/C27H25N3O5/c1-15-6-11-23(16(2)12-15)30-25(32)22(24(31)28-27(30)34)14-20-13-17(3)29(18(20)4)21-9-7-19(8-10-21)26(33)35-5/h6-14H,1-5H3,(H,28,31,34)/b22-14+. The lowest BCUT2D eigenvalue weighted by atomic mass is 10.0. The molecule has 35 heavy (non-hydrogen) atoms. The third-order valence-electron chi connectivity index (χ3n) is 6.01. The van der Waals surface area contributed by atoms with Gasteiger partial charge < -0.3 is 9.30 Å². The second-order valence-electron chi connectivity index (χ2n) is 8.45. The highest BCUT2D eigenvalue weighted by atomic mass is 16.5. The quantitative estimate of drug-likeness (QED) is 0.350. The van der Waals surface area contributed by atoms with Crippen molar-refractivity contribution in [3.8, 4) is 5.69 Å². The Morgan fingerprint density at radius 2 is 1.63 bits per heavy atom. The van der Waals surface area contributed by atoms with E-state index in [1.54, 1.807) is 30.3 Å². The number of imide groups is 2. The van der Waals surface area contributed by atoms with Crippen molar-refractivity contribution in [1.29, 1.82) is 0 Å². The van der Waals surface area contributed by atoms with Gasteiger partial charge in [0.05, 0.1) is 18.4 Å². The van der Waals surface area contributed by atoms with Crippen LogP contribution >= 0.6 is 0 Å². The first-order chi connectivity index (χ1) is 16.6. The molecule has 8 heteroatoms. The predicted octanol–water partition coefficient (Wildman–Crippen LogP) is 4.16. The fourth-order valence-corrected chi connectivity index (χ4v) is 4.28. The van der Waals surface area contributed by atoms with Gasteiger partial charge in [0, 0.05) is 17.1 Å². The highest BCUT2D eigenvalue weighted by molar-refractivity contribution is 6.39. The van der Waals surface area contributed by atoms with Gasteiger partial charge >= 0.3 is 12.0 Å². The minimum Gasteiger partial charge on any atom is -0.465 e. The number of benzene rings is 2. The smallest absolute Gasteiger partial charge is 0.337 e. The molecule has 0 radical (unpaired) electrons. The van der Waals surface area contributed by atoms with E-state index in [1.165, 1.54) is 13.2 Å². The molecule has 1 aromatic heterocycles. The molecular formula is C27H25N3O5. The zero-order valence-electron chi connectivity index (χ0n) is 20.1. The fourth-order valence-electron chi connectivity index (χ4n) is 4.28. The second kappa shape index (κ2) is 9.06. The minimum absolute atomic E-state index is 0.133. The van der Waals surface area contributed by atoms with E-state index >= 15 is 0 Å². The average Bonchev–Trinajstić information content (AvgIpc) is 3.10. The number of anilines is 1. The topological polar surface area (TPSA) is 97.7 Å². The number of hydrogen-bond acceptors (Lipinski definition) is 5. The first-order valence-corrected chi connectivity index (χ1v) is 11.0. The van der Waals surface area contributed by atoms with Gasteiger partial charge in [-0.1, -0.05) is 17.7 Å². The van der Waals surface area contributed by atoms with Crippen molar-refractivity contribution in [3.05, 3.63) is 87.7 Å². The maximum atomic E-state index is 13.3. The fraction of sp³-hybridized carbons (Fsp3) is 0.185. The summed E-state index contributed by atoms with van der Waals surface area (Å²) in [6.45, 7) is 7.49. The van der Waals surface area contributed by atoms with Gasteiger partial charge in [0.15, 0.2) is 0 Å². The summed E-state index contributed by atoms with van der Waals surface area (Å²) in [6, 6.07) is 13.4. The van der Waals surface area contributed by atoms with E-state index in [-0.39, 0.29) is 5.57 Å². The molecule has 2 heterocycles. The van der Waals surface area contributed by atoms with Gasteiger partial charge in [-0.05, 0) is 81.3 Å². The molecule has 0 atom stereocenters. The summed E-state index contributed by atoms with van der Waals surface area (Å²) in [5.74, 6) is -1.85. The summed E-state index contributed by atoms with van der Waals surface area (Å²) < 4.78 is 6.70. The van der Waals surface area contributed by atoms with Gasteiger partial charge in [0.1, 0.15) is 5.57 Å². The molecule has 0 unspecified atom stereocenters. The largest absolute Gasteiger partial charge is 0.465 e. The molecule has 1 aliphatic heterocycles. The van der Waals surface area contributed by atoms with Crippen molar-refractivity contribution >= 4 is 35.6 Å². The van der Waals surface area contributed by atoms with E-state index in [0.29, 0.717) is 16.8 Å². The molecule has 4 rings (SSSR count). The van der Waals surface area contributed by atoms with Crippen LogP contribution in [0.1, 0.15) is 38.4 Å². The summed E-state index contributed by atoms with van der Waals surface area (Å²) in [5.41, 5.74) is 5.59. The van der Waals surface area contributed by atoms with Crippen LogP contribution in [0.25, 0.3) is 11.8 Å². The van der Waals surface area contributed by atoms with Crippen LogP contribution < -0.4 is 10.2 Å². The second-order valence-corrected chi connectivity index (χ2v) is 8.45. The van der Waals surface area contributed by atoms with Crippen molar-refractivity contribution in [2.45, 2.75) is 27.7 Å². The number of hydrogen-bond donors (Lipinski definition) is 1. The first kappa shape index (κ1) is 23.7. The van der Waals surface area contributed by atoms with E-state index < -0.39 is 23.8 Å². The Morgan fingerprint density at radius 1 is 0.943 bits per heavy atom. The van der Waals surface area contributed by atoms with Crippen molar-refractivity contribution in [3.63, 3.8) is 0 Å². The van der Waals surface area contributed by atoms with Crippen LogP contribution in [0.5, 0.6) is 0 Å². The number of methoxy groups -OCH3 is 1. The number of amides is 4. The Hall–Kier alpha value is -4.46. The van der Waals surface area contributed by atoms with Gasteiger partial charge in [-0.15, -0.1) is 0 Å². The molecule has 1 N–H and O–H groups in total. The molecule has 1 aliphatic rings. The number of nitrogens with one attached hydrogen (secondary N) is 1. The minimum atomic E-state index is -0.778. The number of aromatic nitrogens is 1. The normalized spacial score (nSPS) is 14.9. The lowest BCUT2D eigenvalue weighted by Gasteiger charge is -2.27. The third kappa shape index (κ3) is 4.26. The summed E-state index contributed by atoms with van der Waals surface area (Å²) in [4.78, 5) is 51.3. The maximum absolute atomic E-state index is 13.3. The van der Waals surface area contributed by atoms with Crippen molar-refractivity contribution in [1.82, 2.24) is 9.88 Å². The zero-order valence-corrected chi connectivity index (χ0v) is 20.1. The van der Waals surface area contributed by atoms with Gasteiger partial charge in [-0.2, -0.15) is 0 Å². The zero-order chi connectivity index (χ0) is 25.4. The average molecular weight is 472 g/mol. The molecule has 2 aromatic carbocycles. The Labute approximate surface area is 202 Å². The van der Waals surface area contributed by atoms with E-state index in [4.69, 9.17) is 4.74 Å². The van der Waals surface area contributed by atoms with Gasteiger partial charge in [0.25, 0.3) is 11.8 Å². The van der Waals surface area contributed by atoms with E-state index in [9.17, 15) is 19.2 Å². The van der Waals surface area contributed by atoms with Crippen molar-refractivity contribution in [2.75, 3.05) is 12.0 Å². The number of ether oxygens (including phenoxy) is 1. The SMILES string of the molecule is COC(=O)c1ccc(-n2c(C)cc(/C=C3\C(=O)NC(=O)N(c4ccc(C)cc4C)C3=O)c2C)cc1. The van der Waals surface area contributed by atoms with Crippen LogP contribution in [0.4, 0.5) is 10.5 Å². The van der Waals surface area contributed by atoms with E-state index in [1.807, 2.05) is 50.5 Å². The highest BCUT2D eigenvalue weighted by Crippen LogP contribution is 2.28. The van der Waals surface area contributed by atoms with Crippen LogP contribution in [-0.4, -0.2) is 35.5 Å². The number of carbonyl (C=O) groups is 4. The number of aryl methyl sites for hydroxylation is 3. The van der Waals surface area contributed by atoms with Crippen LogP contribution in [0.3, 0.4) is 0 Å². The van der Waals surface area contributed by atoms with Crippen molar-refractivity contribution < 1.29 is 23.9 Å².